The van der Waals surface area contributed by atoms with Gasteiger partial charge in [-0.1, -0.05) is 45.4 Å². The van der Waals surface area contributed by atoms with Crippen LogP contribution in [0.5, 0.6) is 0 Å². The molecule has 0 saturated heterocycles. The number of nitrogens with one attached hydrogen (secondary N) is 2. The van der Waals surface area contributed by atoms with Gasteiger partial charge in [0.15, 0.2) is 0 Å². The van der Waals surface area contributed by atoms with Crippen LogP contribution in [-0.4, -0.2) is 18.0 Å². The van der Waals surface area contributed by atoms with Gasteiger partial charge in [0.25, 0.3) is 0 Å². The van der Waals surface area contributed by atoms with Gasteiger partial charge in [-0.05, 0) is 49.7 Å². The second-order valence-electron chi connectivity index (χ2n) is 7.17. The standard InChI is InChI=1S/C19H30N2O/c1-13(2)17-11-10-14(3)12-18(17)21-19(22)15(4)20-16-8-6-5-7-9-16/h5-9,13-15,17-18,20H,10-12H2,1-4H3,(H,21,22)/t14?,15-,17?,18?/m0/s1. The van der Waals surface area contributed by atoms with Crippen LogP contribution in [0.15, 0.2) is 30.3 Å². The Morgan fingerprint density at radius 1 is 1.14 bits per heavy atom. The topological polar surface area (TPSA) is 41.1 Å². The van der Waals surface area contributed by atoms with Gasteiger partial charge >= 0.3 is 0 Å². The second-order valence-corrected chi connectivity index (χ2v) is 7.17. The molecule has 1 aromatic rings. The molecule has 1 saturated carbocycles. The van der Waals surface area contributed by atoms with E-state index < -0.39 is 0 Å². The Morgan fingerprint density at radius 2 is 1.82 bits per heavy atom. The van der Waals surface area contributed by atoms with Gasteiger partial charge in [0.1, 0.15) is 6.04 Å². The minimum absolute atomic E-state index is 0.105. The number of carbonyl (C=O) groups excluding carboxylic acids is 1. The van der Waals surface area contributed by atoms with E-state index in [1.165, 1.54) is 12.8 Å². The molecule has 1 aliphatic rings. The quantitative estimate of drug-likeness (QED) is 0.861. The van der Waals surface area contributed by atoms with E-state index in [9.17, 15) is 4.79 Å². The first-order valence-electron chi connectivity index (χ1n) is 8.59. The summed E-state index contributed by atoms with van der Waals surface area (Å²) in [4.78, 5) is 12.5. The van der Waals surface area contributed by atoms with Crippen LogP contribution in [0.3, 0.4) is 0 Å². The fourth-order valence-corrected chi connectivity index (χ4v) is 3.53. The summed E-state index contributed by atoms with van der Waals surface area (Å²) in [6, 6.07) is 10.0. The van der Waals surface area contributed by atoms with E-state index in [4.69, 9.17) is 0 Å². The summed E-state index contributed by atoms with van der Waals surface area (Å²) in [6.45, 7) is 8.76. The molecule has 1 aliphatic carbocycles. The van der Waals surface area contributed by atoms with Gasteiger partial charge in [0.2, 0.25) is 5.91 Å². The van der Waals surface area contributed by atoms with Crippen LogP contribution in [0.25, 0.3) is 0 Å². The van der Waals surface area contributed by atoms with Crippen LogP contribution in [0.2, 0.25) is 0 Å². The maximum Gasteiger partial charge on any atom is 0.242 e. The van der Waals surface area contributed by atoms with E-state index >= 15 is 0 Å². The van der Waals surface area contributed by atoms with Crippen LogP contribution in [0.4, 0.5) is 5.69 Å². The van der Waals surface area contributed by atoms with Gasteiger partial charge < -0.3 is 10.6 Å². The van der Waals surface area contributed by atoms with Crippen molar-refractivity contribution in [3.05, 3.63) is 30.3 Å². The molecule has 0 spiro atoms. The molecule has 3 unspecified atom stereocenters. The minimum atomic E-state index is -0.215. The van der Waals surface area contributed by atoms with E-state index in [1.807, 2.05) is 37.3 Å². The van der Waals surface area contributed by atoms with E-state index in [2.05, 4.69) is 31.4 Å². The summed E-state index contributed by atoms with van der Waals surface area (Å²) in [5.41, 5.74) is 0.988. The summed E-state index contributed by atoms with van der Waals surface area (Å²) < 4.78 is 0. The Balaban J connectivity index is 1.94. The van der Waals surface area contributed by atoms with Crippen LogP contribution in [0, 0.1) is 17.8 Å². The van der Waals surface area contributed by atoms with Crippen LogP contribution < -0.4 is 10.6 Å². The first-order valence-corrected chi connectivity index (χ1v) is 8.59. The van der Waals surface area contributed by atoms with Crippen LogP contribution in [0.1, 0.15) is 47.0 Å². The molecule has 0 aliphatic heterocycles. The summed E-state index contributed by atoms with van der Waals surface area (Å²) in [6.07, 6.45) is 3.62. The number of para-hydroxylation sites is 1. The zero-order chi connectivity index (χ0) is 16.1. The van der Waals surface area contributed by atoms with Gasteiger partial charge in [-0.3, -0.25) is 4.79 Å². The summed E-state index contributed by atoms with van der Waals surface area (Å²) in [5, 5.41) is 6.57. The average Bonchev–Trinajstić information content (AvgIpc) is 2.48. The summed E-state index contributed by atoms with van der Waals surface area (Å²) >= 11 is 0. The highest BCUT2D eigenvalue weighted by Gasteiger charge is 2.32. The molecule has 3 heteroatoms. The van der Waals surface area contributed by atoms with Crippen molar-refractivity contribution in [3.63, 3.8) is 0 Å². The van der Waals surface area contributed by atoms with E-state index in [-0.39, 0.29) is 11.9 Å². The third-order valence-corrected chi connectivity index (χ3v) is 4.90. The number of rotatable bonds is 5. The van der Waals surface area contributed by atoms with Crippen molar-refractivity contribution in [2.45, 2.75) is 59.0 Å². The first kappa shape index (κ1) is 16.9. The van der Waals surface area contributed by atoms with Gasteiger partial charge in [0, 0.05) is 11.7 Å². The fraction of sp³-hybridized carbons (Fsp3) is 0.632. The van der Waals surface area contributed by atoms with Crippen molar-refractivity contribution in [2.24, 2.45) is 17.8 Å². The largest absolute Gasteiger partial charge is 0.374 e. The number of carbonyl (C=O) groups is 1. The maximum atomic E-state index is 12.5. The Kier molecular flexibility index (Phi) is 5.87. The maximum absolute atomic E-state index is 12.5. The Labute approximate surface area is 134 Å². The lowest BCUT2D eigenvalue weighted by molar-refractivity contribution is -0.123. The van der Waals surface area contributed by atoms with Crippen molar-refractivity contribution in [1.82, 2.24) is 5.32 Å². The third kappa shape index (κ3) is 4.49. The summed E-state index contributed by atoms with van der Waals surface area (Å²) in [5.74, 6) is 2.03. The molecule has 0 radical (unpaired) electrons. The lowest BCUT2D eigenvalue weighted by Gasteiger charge is -2.38. The molecule has 2 rings (SSSR count). The van der Waals surface area contributed by atoms with Gasteiger partial charge in [-0.2, -0.15) is 0 Å². The molecule has 1 fully saturated rings. The highest BCUT2D eigenvalue weighted by atomic mass is 16.2. The number of hydrogen-bond acceptors (Lipinski definition) is 2. The SMILES string of the molecule is CC1CCC(C(C)C)C(NC(=O)[C@H](C)Nc2ccccc2)C1. The number of amides is 1. The normalized spacial score (nSPS) is 26.5. The van der Waals surface area contributed by atoms with Crippen LogP contribution in [-0.2, 0) is 4.79 Å². The number of benzene rings is 1. The second kappa shape index (κ2) is 7.66. The molecule has 0 aromatic heterocycles. The zero-order valence-corrected chi connectivity index (χ0v) is 14.3. The van der Waals surface area contributed by atoms with Gasteiger partial charge in [0.05, 0.1) is 0 Å². The van der Waals surface area contributed by atoms with E-state index in [1.54, 1.807) is 0 Å². The average molecular weight is 302 g/mol. The fourth-order valence-electron chi connectivity index (χ4n) is 3.53. The number of hydrogen-bond donors (Lipinski definition) is 2. The Morgan fingerprint density at radius 3 is 2.45 bits per heavy atom. The Hall–Kier alpha value is -1.51. The van der Waals surface area contributed by atoms with E-state index in [0.29, 0.717) is 23.8 Å². The van der Waals surface area contributed by atoms with Crippen molar-refractivity contribution >= 4 is 11.6 Å². The molecule has 4 atom stereocenters. The third-order valence-electron chi connectivity index (χ3n) is 4.90. The first-order chi connectivity index (χ1) is 10.5. The highest BCUT2D eigenvalue weighted by molar-refractivity contribution is 5.84. The smallest absolute Gasteiger partial charge is 0.242 e. The predicted molar refractivity (Wildman–Crippen MR) is 92.8 cm³/mol. The van der Waals surface area contributed by atoms with Gasteiger partial charge in [-0.25, -0.2) is 0 Å². The van der Waals surface area contributed by atoms with Crippen molar-refractivity contribution in [1.29, 1.82) is 0 Å². The molecule has 2 N–H and O–H groups in total. The molecule has 3 nitrogen and oxygen atoms in total. The molecular formula is C19H30N2O. The predicted octanol–water partition coefficient (Wildman–Crippen LogP) is 4.06. The van der Waals surface area contributed by atoms with Gasteiger partial charge in [-0.15, -0.1) is 0 Å². The molecule has 22 heavy (non-hydrogen) atoms. The molecule has 122 valence electrons. The Bertz CT molecular complexity index is 472. The molecule has 0 bridgehead atoms. The lowest BCUT2D eigenvalue weighted by atomic mass is 9.74. The van der Waals surface area contributed by atoms with E-state index in [0.717, 1.165) is 12.1 Å². The monoisotopic (exact) mass is 302 g/mol. The minimum Gasteiger partial charge on any atom is -0.374 e. The molecule has 0 heterocycles. The number of anilines is 1. The molecular weight excluding hydrogens is 272 g/mol. The highest BCUT2D eigenvalue weighted by Crippen LogP contribution is 2.33. The zero-order valence-electron chi connectivity index (χ0n) is 14.3. The molecule has 1 amide bonds. The van der Waals surface area contributed by atoms with Crippen LogP contribution >= 0.6 is 0 Å². The molecule has 1 aromatic carbocycles. The van der Waals surface area contributed by atoms with Crippen molar-refractivity contribution < 1.29 is 4.79 Å². The van der Waals surface area contributed by atoms with Crippen molar-refractivity contribution in [2.75, 3.05) is 5.32 Å². The van der Waals surface area contributed by atoms with Crippen molar-refractivity contribution in [3.8, 4) is 0 Å². The lowest BCUT2D eigenvalue weighted by Crippen LogP contribution is -2.49. The summed E-state index contributed by atoms with van der Waals surface area (Å²) in [7, 11) is 0.